The smallest absolute Gasteiger partial charge is 0.246 e. The van der Waals surface area contributed by atoms with E-state index in [0.717, 1.165) is 74.5 Å². The van der Waals surface area contributed by atoms with Crippen LogP contribution in [-0.4, -0.2) is 62.0 Å². The normalized spacial score (nSPS) is 17.2. The quantitative estimate of drug-likeness (QED) is 0.350. The Bertz CT molecular complexity index is 1020. The molecule has 2 fully saturated rings. The van der Waals surface area contributed by atoms with Crippen LogP contribution in [0, 0.1) is 11.8 Å². The molecule has 0 bridgehead atoms. The van der Waals surface area contributed by atoms with Crippen molar-refractivity contribution in [3.05, 3.63) is 71.8 Å². The molecule has 2 saturated heterocycles. The van der Waals surface area contributed by atoms with E-state index in [1.165, 1.54) is 19.3 Å². The predicted octanol–water partition coefficient (Wildman–Crippen LogP) is 6.08. The first-order valence-corrected chi connectivity index (χ1v) is 14.3. The van der Waals surface area contributed by atoms with Gasteiger partial charge in [-0.3, -0.25) is 9.59 Å². The third kappa shape index (κ3) is 8.74. The number of piperidine rings is 2. The molecule has 208 valence electrons. The zero-order valence-corrected chi connectivity index (χ0v) is 23.4. The van der Waals surface area contributed by atoms with Gasteiger partial charge in [0, 0.05) is 38.3 Å². The summed E-state index contributed by atoms with van der Waals surface area (Å²) < 4.78 is 10.4. The number of carbonyl (C=O) groups is 2. The minimum absolute atomic E-state index is 0.101. The molecule has 39 heavy (non-hydrogen) atoms. The minimum atomic E-state index is 0.101. The summed E-state index contributed by atoms with van der Waals surface area (Å²) in [4.78, 5) is 29.2. The number of rotatable bonds is 10. The third-order valence-electron chi connectivity index (χ3n) is 8.15. The highest BCUT2D eigenvalue weighted by Crippen LogP contribution is 2.28. The molecule has 2 aliphatic rings. The molecule has 4 rings (SSSR count). The maximum Gasteiger partial charge on any atom is 0.246 e. The van der Waals surface area contributed by atoms with Crippen LogP contribution in [0.4, 0.5) is 0 Å². The summed E-state index contributed by atoms with van der Waals surface area (Å²) in [5.74, 6) is 3.26. The molecule has 2 aromatic rings. The second-order valence-corrected chi connectivity index (χ2v) is 10.7. The number of ether oxygens (including phenoxy) is 2. The van der Waals surface area contributed by atoms with Crippen molar-refractivity contribution in [3.63, 3.8) is 0 Å². The SMILES string of the molecule is COc1ccc(C=CC(=O)N2CCC(CCCC3CCN(C(=O)C=Cc4ccc(OC)cc4)CC3)CC2)cc1. The Morgan fingerprint density at radius 2 is 1.03 bits per heavy atom. The van der Waals surface area contributed by atoms with E-state index in [4.69, 9.17) is 9.47 Å². The van der Waals surface area contributed by atoms with Gasteiger partial charge in [-0.2, -0.15) is 0 Å². The van der Waals surface area contributed by atoms with Crippen LogP contribution in [0.1, 0.15) is 56.1 Å². The second-order valence-electron chi connectivity index (χ2n) is 10.7. The number of carbonyl (C=O) groups excluding carboxylic acids is 2. The summed E-state index contributed by atoms with van der Waals surface area (Å²) in [6.07, 6.45) is 15.2. The molecular weight excluding hydrogens is 488 g/mol. The van der Waals surface area contributed by atoms with Crippen LogP contribution >= 0.6 is 0 Å². The fourth-order valence-corrected chi connectivity index (χ4v) is 5.56. The standard InChI is InChI=1S/C33H42N2O4/c1-38-30-12-6-28(7-13-30)10-16-32(36)34-22-18-26(19-23-34)4-3-5-27-20-24-35(25-21-27)33(37)17-11-29-8-14-31(39-2)15-9-29/h6-17,26-27H,3-5,18-25H2,1-2H3. The topological polar surface area (TPSA) is 59.1 Å². The van der Waals surface area contributed by atoms with Crippen LogP contribution in [0.25, 0.3) is 12.2 Å². The Labute approximate surface area is 233 Å². The Balaban J connectivity index is 1.09. The highest BCUT2D eigenvalue weighted by Gasteiger charge is 2.24. The minimum Gasteiger partial charge on any atom is -0.497 e. The Morgan fingerprint density at radius 3 is 1.36 bits per heavy atom. The lowest BCUT2D eigenvalue weighted by Gasteiger charge is -2.33. The Morgan fingerprint density at radius 1 is 0.667 bits per heavy atom. The first kappa shape index (κ1) is 28.5. The molecule has 2 amide bonds. The van der Waals surface area contributed by atoms with Crippen molar-refractivity contribution in [1.82, 2.24) is 9.80 Å². The number of hydrogen-bond donors (Lipinski definition) is 0. The molecular formula is C33H42N2O4. The number of benzene rings is 2. The second kappa shape index (κ2) is 14.6. The van der Waals surface area contributed by atoms with Gasteiger partial charge in [0.15, 0.2) is 0 Å². The molecule has 6 nitrogen and oxygen atoms in total. The molecule has 0 aliphatic carbocycles. The highest BCUT2D eigenvalue weighted by molar-refractivity contribution is 5.92. The highest BCUT2D eigenvalue weighted by atomic mass is 16.5. The first-order valence-electron chi connectivity index (χ1n) is 14.3. The van der Waals surface area contributed by atoms with Gasteiger partial charge in [-0.05, 0) is 85.1 Å². The molecule has 2 heterocycles. The summed E-state index contributed by atoms with van der Waals surface area (Å²) in [6, 6.07) is 15.4. The molecule has 2 aromatic carbocycles. The average Bonchev–Trinajstić information content (AvgIpc) is 3.00. The molecule has 0 unspecified atom stereocenters. The number of hydrogen-bond acceptors (Lipinski definition) is 4. The van der Waals surface area contributed by atoms with Gasteiger partial charge in [-0.1, -0.05) is 43.5 Å². The molecule has 0 saturated carbocycles. The summed E-state index contributed by atoms with van der Waals surface area (Å²) >= 11 is 0. The largest absolute Gasteiger partial charge is 0.497 e. The van der Waals surface area contributed by atoms with E-state index >= 15 is 0 Å². The third-order valence-corrected chi connectivity index (χ3v) is 8.15. The zero-order valence-electron chi connectivity index (χ0n) is 23.4. The van der Waals surface area contributed by atoms with Crippen LogP contribution < -0.4 is 9.47 Å². The van der Waals surface area contributed by atoms with Crippen molar-refractivity contribution < 1.29 is 19.1 Å². The maximum atomic E-state index is 12.6. The average molecular weight is 531 g/mol. The van der Waals surface area contributed by atoms with Crippen molar-refractivity contribution >= 4 is 24.0 Å². The van der Waals surface area contributed by atoms with Gasteiger partial charge in [-0.15, -0.1) is 0 Å². The van der Waals surface area contributed by atoms with Gasteiger partial charge in [0.25, 0.3) is 0 Å². The van der Waals surface area contributed by atoms with E-state index in [9.17, 15) is 9.59 Å². The summed E-state index contributed by atoms with van der Waals surface area (Å²) in [7, 11) is 3.30. The van der Waals surface area contributed by atoms with Crippen molar-refractivity contribution in [3.8, 4) is 11.5 Å². The Hall–Kier alpha value is -3.54. The molecule has 0 radical (unpaired) electrons. The lowest BCUT2D eigenvalue weighted by atomic mass is 9.87. The van der Waals surface area contributed by atoms with Crippen molar-refractivity contribution in [1.29, 1.82) is 0 Å². The van der Waals surface area contributed by atoms with Crippen LogP contribution in [0.5, 0.6) is 11.5 Å². The number of nitrogens with zero attached hydrogens (tertiary/aromatic N) is 2. The van der Waals surface area contributed by atoms with E-state index in [2.05, 4.69) is 0 Å². The first-order chi connectivity index (χ1) is 19.0. The van der Waals surface area contributed by atoms with Gasteiger partial charge in [0.2, 0.25) is 11.8 Å². The van der Waals surface area contributed by atoms with Crippen LogP contribution in [0.3, 0.4) is 0 Å². The van der Waals surface area contributed by atoms with Crippen molar-refractivity contribution in [2.24, 2.45) is 11.8 Å². The number of likely N-dealkylation sites (tertiary alicyclic amines) is 2. The van der Waals surface area contributed by atoms with Gasteiger partial charge in [0.1, 0.15) is 11.5 Å². The summed E-state index contributed by atoms with van der Waals surface area (Å²) in [5, 5.41) is 0. The van der Waals surface area contributed by atoms with Crippen LogP contribution in [0.15, 0.2) is 60.7 Å². The molecule has 0 N–H and O–H groups in total. The van der Waals surface area contributed by atoms with E-state index in [0.29, 0.717) is 11.8 Å². The summed E-state index contributed by atoms with van der Waals surface area (Å²) in [5.41, 5.74) is 2.00. The van der Waals surface area contributed by atoms with Crippen molar-refractivity contribution in [2.45, 2.75) is 44.9 Å². The lowest BCUT2D eigenvalue weighted by Crippen LogP contribution is -2.38. The fraction of sp³-hybridized carbons (Fsp3) is 0.455. The van der Waals surface area contributed by atoms with Gasteiger partial charge in [-0.25, -0.2) is 0 Å². The molecule has 0 atom stereocenters. The predicted molar refractivity (Wildman–Crippen MR) is 157 cm³/mol. The molecule has 0 spiro atoms. The van der Waals surface area contributed by atoms with Gasteiger partial charge >= 0.3 is 0 Å². The number of amides is 2. The van der Waals surface area contributed by atoms with E-state index in [-0.39, 0.29) is 11.8 Å². The van der Waals surface area contributed by atoms with Crippen molar-refractivity contribution in [2.75, 3.05) is 40.4 Å². The summed E-state index contributed by atoms with van der Waals surface area (Å²) in [6.45, 7) is 3.39. The lowest BCUT2D eigenvalue weighted by molar-refractivity contribution is -0.128. The monoisotopic (exact) mass is 530 g/mol. The van der Waals surface area contributed by atoms with Gasteiger partial charge < -0.3 is 19.3 Å². The van der Waals surface area contributed by atoms with E-state index < -0.39 is 0 Å². The Kier molecular flexibility index (Phi) is 10.6. The maximum absolute atomic E-state index is 12.6. The van der Waals surface area contributed by atoms with E-state index in [1.807, 2.05) is 70.5 Å². The van der Waals surface area contributed by atoms with Crippen LogP contribution in [-0.2, 0) is 9.59 Å². The van der Waals surface area contributed by atoms with Crippen LogP contribution in [0.2, 0.25) is 0 Å². The molecule has 0 aromatic heterocycles. The molecule has 2 aliphatic heterocycles. The van der Waals surface area contributed by atoms with Gasteiger partial charge in [0.05, 0.1) is 14.2 Å². The zero-order chi connectivity index (χ0) is 27.5. The fourth-order valence-electron chi connectivity index (χ4n) is 5.56. The van der Waals surface area contributed by atoms with E-state index in [1.54, 1.807) is 26.4 Å². The number of methoxy groups -OCH3 is 2. The molecule has 6 heteroatoms.